The lowest BCUT2D eigenvalue weighted by Gasteiger charge is -2.24. The van der Waals surface area contributed by atoms with E-state index < -0.39 is 0 Å². The van der Waals surface area contributed by atoms with Crippen LogP contribution in [0.2, 0.25) is 0 Å². The summed E-state index contributed by atoms with van der Waals surface area (Å²) < 4.78 is 0. The fourth-order valence-corrected chi connectivity index (χ4v) is 3.57. The molecule has 1 fully saturated rings. The fraction of sp³-hybridized carbons (Fsp3) is 0.684. The Hall–Kier alpha value is -0.860. The third-order valence-corrected chi connectivity index (χ3v) is 4.97. The largest absolute Gasteiger partial charge is 0.395 e. The van der Waals surface area contributed by atoms with E-state index in [2.05, 4.69) is 43.4 Å². The number of benzene rings is 1. The fourth-order valence-electron chi connectivity index (χ4n) is 3.57. The second-order valence-corrected chi connectivity index (χ2v) is 6.95. The molecule has 3 atom stereocenters. The predicted octanol–water partition coefficient (Wildman–Crippen LogP) is 3.78. The molecule has 2 nitrogen and oxygen atoms in total. The molecule has 0 heterocycles. The third-order valence-electron chi connectivity index (χ3n) is 4.97. The van der Waals surface area contributed by atoms with E-state index in [-0.39, 0.29) is 12.6 Å². The standard InChI is InChI=1S/C19H31NO/c1-15(2)17-9-6-10-18(12-11-17)20-19(14-21)13-16-7-4-3-5-8-16/h3-5,7-8,15,17-21H,6,9-14H2,1-2H3/t17?,18?,19-/m1/s1. The Bertz CT molecular complexity index is 390. The number of hydrogen-bond acceptors (Lipinski definition) is 2. The lowest BCUT2D eigenvalue weighted by molar-refractivity contribution is 0.224. The maximum absolute atomic E-state index is 9.67. The Morgan fingerprint density at radius 2 is 1.86 bits per heavy atom. The molecule has 1 aromatic carbocycles. The molecule has 0 bridgehead atoms. The van der Waals surface area contributed by atoms with E-state index in [0.717, 1.165) is 18.3 Å². The summed E-state index contributed by atoms with van der Waals surface area (Å²) in [6.45, 7) is 4.92. The first kappa shape index (κ1) is 16.5. The first-order valence-electron chi connectivity index (χ1n) is 8.60. The summed E-state index contributed by atoms with van der Waals surface area (Å²) in [6.07, 6.45) is 7.46. The van der Waals surface area contributed by atoms with E-state index in [4.69, 9.17) is 0 Å². The van der Waals surface area contributed by atoms with Gasteiger partial charge in [0.2, 0.25) is 0 Å². The number of nitrogens with one attached hydrogen (secondary N) is 1. The zero-order valence-corrected chi connectivity index (χ0v) is 13.6. The molecule has 2 N–H and O–H groups in total. The van der Waals surface area contributed by atoms with Gasteiger partial charge in [0.25, 0.3) is 0 Å². The maximum atomic E-state index is 9.67. The van der Waals surface area contributed by atoms with Crippen molar-refractivity contribution < 1.29 is 5.11 Å². The van der Waals surface area contributed by atoms with Crippen molar-refractivity contribution in [1.29, 1.82) is 0 Å². The van der Waals surface area contributed by atoms with Gasteiger partial charge < -0.3 is 10.4 Å². The highest BCUT2D eigenvalue weighted by molar-refractivity contribution is 5.16. The molecule has 0 saturated heterocycles. The molecule has 2 rings (SSSR count). The van der Waals surface area contributed by atoms with E-state index in [0.29, 0.717) is 6.04 Å². The molecule has 1 aromatic rings. The van der Waals surface area contributed by atoms with Crippen molar-refractivity contribution in [3.05, 3.63) is 35.9 Å². The van der Waals surface area contributed by atoms with Crippen LogP contribution in [0.4, 0.5) is 0 Å². The summed E-state index contributed by atoms with van der Waals surface area (Å²) in [4.78, 5) is 0. The Balaban J connectivity index is 1.84. The second kappa shape index (κ2) is 8.55. The molecule has 1 aliphatic rings. The average Bonchev–Trinajstić information content (AvgIpc) is 2.73. The summed E-state index contributed by atoms with van der Waals surface area (Å²) >= 11 is 0. The molecule has 21 heavy (non-hydrogen) atoms. The number of hydrogen-bond donors (Lipinski definition) is 2. The van der Waals surface area contributed by atoms with Gasteiger partial charge in [0, 0.05) is 12.1 Å². The van der Waals surface area contributed by atoms with Crippen LogP contribution >= 0.6 is 0 Å². The van der Waals surface area contributed by atoms with Crippen LogP contribution in [0, 0.1) is 11.8 Å². The van der Waals surface area contributed by atoms with Crippen LogP contribution in [0.5, 0.6) is 0 Å². The summed E-state index contributed by atoms with van der Waals surface area (Å²) in [5.74, 6) is 1.69. The molecular weight excluding hydrogens is 258 g/mol. The minimum absolute atomic E-state index is 0.188. The van der Waals surface area contributed by atoms with E-state index in [1.165, 1.54) is 37.7 Å². The molecule has 0 amide bonds. The van der Waals surface area contributed by atoms with Gasteiger partial charge in [-0.25, -0.2) is 0 Å². The third kappa shape index (κ3) is 5.44. The van der Waals surface area contributed by atoms with Crippen molar-refractivity contribution in [3.63, 3.8) is 0 Å². The summed E-state index contributed by atoms with van der Waals surface area (Å²) in [5, 5.41) is 13.4. The van der Waals surface area contributed by atoms with Gasteiger partial charge in [0.1, 0.15) is 0 Å². The first-order valence-corrected chi connectivity index (χ1v) is 8.60. The number of aliphatic hydroxyl groups is 1. The summed E-state index contributed by atoms with van der Waals surface area (Å²) in [6, 6.07) is 11.2. The van der Waals surface area contributed by atoms with E-state index >= 15 is 0 Å². The predicted molar refractivity (Wildman–Crippen MR) is 89.4 cm³/mol. The Kier molecular flexibility index (Phi) is 6.72. The Morgan fingerprint density at radius 3 is 2.52 bits per heavy atom. The van der Waals surface area contributed by atoms with Crippen molar-refractivity contribution in [1.82, 2.24) is 5.32 Å². The minimum Gasteiger partial charge on any atom is -0.395 e. The van der Waals surface area contributed by atoms with E-state index in [9.17, 15) is 5.11 Å². The van der Waals surface area contributed by atoms with Crippen LogP contribution in [0.25, 0.3) is 0 Å². The second-order valence-electron chi connectivity index (χ2n) is 6.95. The van der Waals surface area contributed by atoms with Gasteiger partial charge in [-0.2, -0.15) is 0 Å². The van der Waals surface area contributed by atoms with Crippen molar-refractivity contribution >= 4 is 0 Å². The molecular formula is C19H31NO. The molecule has 0 aliphatic heterocycles. The lowest BCUT2D eigenvalue weighted by Crippen LogP contribution is -2.41. The maximum Gasteiger partial charge on any atom is 0.0587 e. The van der Waals surface area contributed by atoms with Crippen molar-refractivity contribution in [2.75, 3.05) is 6.61 Å². The summed E-state index contributed by atoms with van der Waals surface area (Å²) in [7, 11) is 0. The molecule has 0 radical (unpaired) electrons. The van der Waals surface area contributed by atoms with Gasteiger partial charge in [-0.1, -0.05) is 57.0 Å². The van der Waals surface area contributed by atoms with Gasteiger partial charge in [0.15, 0.2) is 0 Å². The van der Waals surface area contributed by atoms with Gasteiger partial charge in [0.05, 0.1) is 6.61 Å². The molecule has 1 saturated carbocycles. The number of rotatable bonds is 6. The molecule has 0 spiro atoms. The minimum atomic E-state index is 0.188. The van der Waals surface area contributed by atoms with Gasteiger partial charge >= 0.3 is 0 Å². The zero-order valence-electron chi connectivity index (χ0n) is 13.6. The van der Waals surface area contributed by atoms with Crippen molar-refractivity contribution in [2.45, 2.75) is 64.5 Å². The van der Waals surface area contributed by atoms with Crippen LogP contribution in [0.15, 0.2) is 30.3 Å². The number of aliphatic hydroxyl groups excluding tert-OH is 1. The summed E-state index contributed by atoms with van der Waals surface area (Å²) in [5.41, 5.74) is 1.30. The van der Waals surface area contributed by atoms with Crippen LogP contribution < -0.4 is 5.32 Å². The van der Waals surface area contributed by atoms with E-state index in [1.54, 1.807) is 0 Å². The van der Waals surface area contributed by atoms with Crippen LogP contribution in [-0.4, -0.2) is 23.8 Å². The highest BCUT2D eigenvalue weighted by atomic mass is 16.3. The zero-order chi connectivity index (χ0) is 15.1. The highest BCUT2D eigenvalue weighted by Crippen LogP contribution is 2.29. The quantitative estimate of drug-likeness (QED) is 0.781. The van der Waals surface area contributed by atoms with Crippen LogP contribution in [0.1, 0.15) is 51.5 Å². The van der Waals surface area contributed by atoms with Gasteiger partial charge in [-0.3, -0.25) is 0 Å². The monoisotopic (exact) mass is 289 g/mol. The SMILES string of the molecule is CC(C)C1CCCC(N[C@@H](CO)Cc2ccccc2)CC1. The molecule has 118 valence electrons. The first-order chi connectivity index (χ1) is 10.2. The van der Waals surface area contributed by atoms with Gasteiger partial charge in [-0.05, 0) is 43.1 Å². The smallest absolute Gasteiger partial charge is 0.0587 e. The molecule has 2 heteroatoms. The Labute approximate surface area is 130 Å². The molecule has 0 aromatic heterocycles. The topological polar surface area (TPSA) is 32.3 Å². The van der Waals surface area contributed by atoms with Crippen LogP contribution in [0.3, 0.4) is 0 Å². The normalized spacial score (nSPS) is 24.8. The Morgan fingerprint density at radius 1 is 1.10 bits per heavy atom. The average molecular weight is 289 g/mol. The molecule has 2 unspecified atom stereocenters. The molecule has 1 aliphatic carbocycles. The van der Waals surface area contributed by atoms with Crippen LogP contribution in [-0.2, 0) is 6.42 Å². The van der Waals surface area contributed by atoms with Crippen molar-refractivity contribution in [2.24, 2.45) is 11.8 Å². The van der Waals surface area contributed by atoms with Gasteiger partial charge in [-0.15, -0.1) is 0 Å². The van der Waals surface area contributed by atoms with Crippen molar-refractivity contribution in [3.8, 4) is 0 Å². The van der Waals surface area contributed by atoms with E-state index in [1.807, 2.05) is 6.07 Å². The highest BCUT2D eigenvalue weighted by Gasteiger charge is 2.22. The lowest BCUT2D eigenvalue weighted by atomic mass is 9.89.